The van der Waals surface area contributed by atoms with Gasteiger partial charge in [-0.1, -0.05) is 93.6 Å². The summed E-state index contributed by atoms with van der Waals surface area (Å²) in [5, 5.41) is 30.7. The molecule has 7 aliphatic rings. The number of hydrogen-bond donors (Lipinski definition) is 4. The summed E-state index contributed by atoms with van der Waals surface area (Å²) in [7, 11) is 0. The third-order valence-corrected chi connectivity index (χ3v) is 22.5. The lowest BCUT2D eigenvalue weighted by Gasteiger charge is -2.35. The number of pyridine rings is 1. The van der Waals surface area contributed by atoms with E-state index in [4.69, 9.17) is 63.4 Å². The zero-order valence-corrected chi connectivity index (χ0v) is 62.4. The van der Waals surface area contributed by atoms with Gasteiger partial charge >= 0.3 is 0 Å². The molecule has 2 aliphatic carbocycles. The number of hydrogen-bond acceptors (Lipinski definition) is 19. The predicted octanol–water partition coefficient (Wildman–Crippen LogP) is 14.8. The van der Waals surface area contributed by atoms with Crippen LogP contribution in [0.25, 0.3) is 60.4 Å². The zero-order valence-electron chi connectivity index (χ0n) is 62.4. The molecule has 4 N–H and O–H groups in total. The van der Waals surface area contributed by atoms with Gasteiger partial charge in [-0.3, -0.25) is 33.4 Å². The van der Waals surface area contributed by atoms with Gasteiger partial charge in [0.2, 0.25) is 11.8 Å². The van der Waals surface area contributed by atoms with E-state index >= 15 is 24.0 Å². The zero-order chi connectivity index (χ0) is 77.2. The van der Waals surface area contributed by atoms with Crippen LogP contribution in [0.2, 0.25) is 0 Å². The molecular weight excluding hydrogens is 1450 g/mol. The Balaban J connectivity index is 0.935. The molecule has 6 atom stereocenters. The Bertz CT molecular complexity index is 5600. The largest absolute Gasteiger partial charge is 0.508 e. The molecule has 5 aliphatic heterocycles. The first-order valence-corrected chi connectivity index (χ1v) is 39.2. The number of rotatable bonds is 30. The molecule has 2 saturated carbocycles. The van der Waals surface area contributed by atoms with Gasteiger partial charge in [0.25, 0.3) is 17.4 Å². The molecule has 23 nitrogen and oxygen atoms in total. The number of imide groups is 1. The first-order chi connectivity index (χ1) is 55.7. The summed E-state index contributed by atoms with van der Waals surface area (Å²) in [6.45, 7) is 8.06. The smallest absolute Gasteiger partial charge is 0.262 e. The lowest BCUT2D eigenvalue weighted by molar-refractivity contribution is -0.126. The first-order valence-electron chi connectivity index (χ1n) is 39.2. The van der Waals surface area contributed by atoms with Crippen molar-refractivity contribution >= 4 is 84.1 Å². The highest BCUT2D eigenvalue weighted by Gasteiger charge is 2.45. The van der Waals surface area contributed by atoms with Gasteiger partial charge in [-0.2, -0.15) is 0 Å². The lowest BCUT2D eigenvalue weighted by atomic mass is 9.81. The van der Waals surface area contributed by atoms with Gasteiger partial charge in [0, 0.05) is 103 Å². The first kappa shape index (κ1) is 72.1. The summed E-state index contributed by atoms with van der Waals surface area (Å²) < 4.78 is 78.8. The molecule has 0 bridgehead atoms. The topological polar surface area (TPSA) is 282 Å². The summed E-state index contributed by atoms with van der Waals surface area (Å²) in [5.41, 5.74) is 0.561. The standard InChI is InChI=1S/C91H82N4O19/c1-50-69-38-75(111-61-20-8-16-57(34-61)103-42-65-46-107-65)81-83-77(113-63-22-10-18-59(36-63)105-44-67-48-109-67)40-71-80-72(91(102)95(90(71)101)74(33-52-26-30-56(97)31-27-52)88(99)93-54-14-6-3-7-15-54)41-78(114-64-23-11-19-60(37-64)106-45-68-49-110-68)84(86(80)83)82-76(112-62-21-9-17-58(35-62)104-43-66-47-108-66)39-70(79(69)85(81)82)89(100)94(50)73(32-51-24-28-55(96)29-25-51)87(98)92-53-12-4-2-5-13-53/h8-11,16-31,34-41,53-54,65-68,73-74,96-97H,1-7,12-15,32-33,42-49H2,(H,92,98)(H,93,99). The van der Waals surface area contributed by atoms with Crippen LogP contribution < -0.4 is 59.4 Å². The highest BCUT2D eigenvalue weighted by molar-refractivity contribution is 6.44. The van der Waals surface area contributed by atoms with E-state index in [-0.39, 0.29) is 171 Å². The van der Waals surface area contributed by atoms with Crippen LogP contribution in [0.1, 0.15) is 102 Å². The van der Waals surface area contributed by atoms with Crippen molar-refractivity contribution in [2.24, 2.45) is 0 Å². The minimum Gasteiger partial charge on any atom is -0.508 e. The third kappa shape index (κ3) is 14.9. The second-order valence-corrected chi connectivity index (χ2v) is 30.6. The van der Waals surface area contributed by atoms with E-state index in [0.717, 1.165) is 56.3 Å². The van der Waals surface area contributed by atoms with Crippen LogP contribution in [0.3, 0.4) is 0 Å². The number of carbonyl (C=O) groups excluding carboxylic acids is 4. The van der Waals surface area contributed by atoms with Gasteiger partial charge in [0.05, 0.1) is 42.9 Å². The average molecular weight is 1540 g/mol. The highest BCUT2D eigenvalue weighted by Crippen LogP contribution is 2.58. The third-order valence-electron chi connectivity index (χ3n) is 22.5. The molecule has 114 heavy (non-hydrogen) atoms. The second-order valence-electron chi connectivity index (χ2n) is 30.6. The van der Waals surface area contributed by atoms with Gasteiger partial charge in [0.15, 0.2) is 0 Å². The summed E-state index contributed by atoms with van der Waals surface area (Å²) in [4.78, 5) is 82.9. The Morgan fingerprint density at radius 3 is 1.11 bits per heavy atom. The van der Waals surface area contributed by atoms with Gasteiger partial charge < -0.3 is 77.7 Å². The van der Waals surface area contributed by atoms with E-state index in [9.17, 15) is 10.2 Å². The van der Waals surface area contributed by atoms with Gasteiger partial charge in [-0.25, -0.2) is 0 Å². The summed E-state index contributed by atoms with van der Waals surface area (Å²) in [5.74, 6) is 0.612. The number of nitrogens with zero attached hydrogens (tertiary/aromatic N) is 2. The SMILES string of the molecule is C=c1c2cc(Oc3cccc(OCC4CO4)c3)c3c4c(Oc5cccc(OCC6CO6)c5)cc5c6c(cc(Oc7cccc(OCC8CO8)c7)c(c7c(Oc8cccc(OCC9CO9)c8)cc(c(=O)n1C(Cc1ccc(O)cc1)C(=O)NC1CCCCC1)c2c37)c64)C(=O)N(C(Cc1ccc(O)cc1)C(=O)NC1CCCCC1)C5=O. The van der Waals surface area contributed by atoms with Crippen molar-refractivity contribution in [1.29, 1.82) is 0 Å². The minimum atomic E-state index is -1.46. The van der Waals surface area contributed by atoms with Crippen molar-refractivity contribution in [1.82, 2.24) is 20.1 Å². The van der Waals surface area contributed by atoms with E-state index in [1.807, 2.05) is 6.07 Å². The number of aromatic hydroxyl groups is 2. The molecule has 0 radical (unpaired) electrons. The summed E-state index contributed by atoms with van der Waals surface area (Å²) in [6.07, 6.45) is 8.01. The molecule has 6 heterocycles. The van der Waals surface area contributed by atoms with E-state index in [0.29, 0.717) is 106 Å². The summed E-state index contributed by atoms with van der Waals surface area (Å²) in [6, 6.07) is 44.7. The lowest BCUT2D eigenvalue weighted by Crippen LogP contribution is -2.56. The van der Waals surface area contributed by atoms with E-state index < -0.39 is 41.3 Å². The Morgan fingerprint density at radius 1 is 0.404 bits per heavy atom. The van der Waals surface area contributed by atoms with Crippen molar-refractivity contribution in [3.05, 3.63) is 208 Å². The van der Waals surface area contributed by atoms with Crippen LogP contribution >= 0.6 is 0 Å². The molecule has 23 heteroatoms. The van der Waals surface area contributed by atoms with Crippen LogP contribution in [0.15, 0.2) is 175 Å². The van der Waals surface area contributed by atoms with Gasteiger partial charge in [-0.05, 0) is 134 Å². The number of nitrogens with one attached hydrogen (secondary N) is 2. The van der Waals surface area contributed by atoms with Crippen molar-refractivity contribution in [2.45, 2.75) is 126 Å². The maximum absolute atomic E-state index is 17.0. The molecule has 11 aromatic carbocycles. The van der Waals surface area contributed by atoms with Gasteiger partial charge in [-0.15, -0.1) is 0 Å². The molecular formula is C91H82N4O19. The fourth-order valence-electron chi connectivity index (χ4n) is 16.4. The van der Waals surface area contributed by atoms with Crippen LogP contribution in [0.5, 0.6) is 80.5 Å². The van der Waals surface area contributed by atoms with Crippen molar-refractivity contribution < 1.29 is 86.2 Å². The van der Waals surface area contributed by atoms with Crippen molar-refractivity contribution in [2.75, 3.05) is 52.9 Å². The Labute approximate surface area is 654 Å². The number of phenols is 2. The molecule has 19 rings (SSSR count). The second kappa shape index (κ2) is 30.4. The van der Waals surface area contributed by atoms with Gasteiger partial charge in [0.1, 0.15) is 143 Å². The number of phenolic OH excluding ortho intramolecular Hbond substituents is 2. The van der Waals surface area contributed by atoms with Crippen molar-refractivity contribution in [3.8, 4) is 80.5 Å². The average Bonchev–Trinajstić information content (AvgIpc) is 1.65. The Hall–Kier alpha value is -12.2. The maximum atomic E-state index is 17.0. The molecule has 12 aromatic rings. The van der Waals surface area contributed by atoms with Crippen molar-refractivity contribution in [3.63, 3.8) is 0 Å². The molecule has 0 spiro atoms. The quantitative estimate of drug-likeness (QED) is 0.0141. The van der Waals surface area contributed by atoms with Crippen LogP contribution in [0, 0.1) is 0 Å². The molecule has 6 fully saturated rings. The number of amides is 4. The van der Waals surface area contributed by atoms with E-state index in [2.05, 4.69) is 10.6 Å². The fourth-order valence-corrected chi connectivity index (χ4v) is 16.4. The van der Waals surface area contributed by atoms with Crippen LogP contribution in [-0.2, 0) is 41.4 Å². The number of benzene rings is 11. The number of ether oxygens (including phenoxy) is 12. The number of carbonyl (C=O) groups is 4. The summed E-state index contributed by atoms with van der Waals surface area (Å²) >= 11 is 0. The number of aromatic nitrogens is 1. The van der Waals surface area contributed by atoms with E-state index in [1.165, 1.54) is 16.7 Å². The molecule has 1 aromatic heterocycles. The molecule has 4 amide bonds. The number of epoxide rings is 4. The van der Waals surface area contributed by atoms with Crippen LogP contribution in [0.4, 0.5) is 0 Å². The maximum Gasteiger partial charge on any atom is 0.262 e. The Morgan fingerprint density at radius 2 is 0.737 bits per heavy atom. The van der Waals surface area contributed by atoms with E-state index in [1.54, 1.807) is 152 Å². The highest BCUT2D eigenvalue weighted by atomic mass is 16.6. The van der Waals surface area contributed by atoms with Crippen LogP contribution in [-0.4, -0.2) is 139 Å². The molecule has 6 unspecified atom stereocenters. The monoisotopic (exact) mass is 1530 g/mol. The minimum absolute atomic E-state index is 0.00256. The molecule has 580 valence electrons. The predicted molar refractivity (Wildman–Crippen MR) is 424 cm³/mol. The Kier molecular flexibility index (Phi) is 19.2. The fraction of sp³-hybridized carbons (Fsp3) is 0.308. The molecule has 4 saturated heterocycles. The normalized spacial score (nSPS) is 19.1. The number of fused-ring (bicyclic) bond motifs is 2.